The monoisotopic (exact) mass is 387 g/mol. The number of fused-ring (bicyclic) bond motifs is 1. The van der Waals surface area contributed by atoms with E-state index in [1.807, 2.05) is 12.1 Å². The fraction of sp³-hybridized carbons (Fsp3) is 0.263. The zero-order valence-corrected chi connectivity index (χ0v) is 15.3. The number of pyridine rings is 1. The largest absolute Gasteiger partial charge is 0.354 e. The summed E-state index contributed by atoms with van der Waals surface area (Å²) in [7, 11) is 0. The molecule has 0 aliphatic carbocycles. The minimum absolute atomic E-state index is 0.273. The van der Waals surface area contributed by atoms with Gasteiger partial charge in [0.05, 0.1) is 10.5 Å². The van der Waals surface area contributed by atoms with Crippen LogP contribution in [-0.2, 0) is 6.54 Å². The molecule has 1 saturated heterocycles. The Balaban J connectivity index is 1.45. The molecule has 0 unspecified atom stereocenters. The van der Waals surface area contributed by atoms with Crippen molar-refractivity contribution in [2.24, 2.45) is 0 Å². The molecule has 1 amide bonds. The fourth-order valence-electron chi connectivity index (χ4n) is 3.20. The molecule has 2 aromatic heterocycles. The lowest BCUT2D eigenvalue weighted by molar-refractivity contribution is 0.0946. The van der Waals surface area contributed by atoms with Crippen molar-refractivity contribution in [2.45, 2.75) is 6.54 Å². The van der Waals surface area contributed by atoms with Crippen molar-refractivity contribution in [3.8, 4) is 0 Å². The highest BCUT2D eigenvalue weighted by molar-refractivity contribution is 6.35. The molecule has 0 spiro atoms. The van der Waals surface area contributed by atoms with Crippen LogP contribution < -0.4 is 15.5 Å². The maximum absolute atomic E-state index is 13.4. The quantitative estimate of drug-likeness (QED) is 0.643. The second-order valence-electron chi connectivity index (χ2n) is 6.47. The number of benzene rings is 1. The summed E-state index contributed by atoms with van der Waals surface area (Å²) in [4.78, 5) is 22.0. The van der Waals surface area contributed by atoms with Gasteiger partial charge in [0, 0.05) is 44.3 Å². The number of halogens is 2. The number of aromatic amines is 1. The predicted molar refractivity (Wildman–Crippen MR) is 104 cm³/mol. The van der Waals surface area contributed by atoms with E-state index < -0.39 is 5.82 Å². The number of carbonyl (C=O) groups excluding carboxylic acids is 1. The van der Waals surface area contributed by atoms with Gasteiger partial charge in [0.25, 0.3) is 5.91 Å². The van der Waals surface area contributed by atoms with Crippen LogP contribution >= 0.6 is 11.6 Å². The Kier molecular flexibility index (Phi) is 4.96. The van der Waals surface area contributed by atoms with Crippen LogP contribution in [0.2, 0.25) is 5.02 Å². The lowest BCUT2D eigenvalue weighted by Crippen LogP contribution is -2.43. The van der Waals surface area contributed by atoms with Crippen LogP contribution in [0.1, 0.15) is 16.1 Å². The Labute approximate surface area is 160 Å². The average molecular weight is 388 g/mol. The molecule has 1 aliphatic rings. The molecule has 3 heterocycles. The van der Waals surface area contributed by atoms with Gasteiger partial charge in [-0.1, -0.05) is 11.6 Å². The van der Waals surface area contributed by atoms with Gasteiger partial charge in [0.15, 0.2) is 0 Å². The molecule has 1 aromatic carbocycles. The lowest BCUT2D eigenvalue weighted by atomic mass is 10.2. The number of nitrogens with zero attached hydrogens (tertiary/aromatic N) is 2. The molecular formula is C19H19ClFN5O. The maximum Gasteiger partial charge on any atom is 0.267 e. The molecule has 140 valence electrons. The van der Waals surface area contributed by atoms with Crippen molar-refractivity contribution in [2.75, 3.05) is 31.1 Å². The molecule has 8 heteroatoms. The third-order valence-electron chi connectivity index (χ3n) is 4.60. The minimum Gasteiger partial charge on any atom is -0.354 e. The van der Waals surface area contributed by atoms with Crippen LogP contribution in [0.25, 0.3) is 10.9 Å². The zero-order valence-electron chi connectivity index (χ0n) is 14.6. The molecule has 0 atom stereocenters. The Hall–Kier alpha value is -2.64. The number of carbonyl (C=O) groups is 1. The molecule has 3 aromatic rings. The summed E-state index contributed by atoms with van der Waals surface area (Å²) in [5.41, 5.74) is 1.80. The molecular weight excluding hydrogens is 369 g/mol. The van der Waals surface area contributed by atoms with E-state index in [1.54, 1.807) is 12.3 Å². The number of hydrogen-bond donors (Lipinski definition) is 3. The highest BCUT2D eigenvalue weighted by Gasteiger charge is 2.14. The van der Waals surface area contributed by atoms with Crippen LogP contribution in [0, 0.1) is 5.82 Å². The Morgan fingerprint density at radius 2 is 2.07 bits per heavy atom. The van der Waals surface area contributed by atoms with E-state index in [-0.39, 0.29) is 10.9 Å². The van der Waals surface area contributed by atoms with E-state index in [0.29, 0.717) is 23.1 Å². The molecule has 6 nitrogen and oxygen atoms in total. The summed E-state index contributed by atoms with van der Waals surface area (Å²) in [5.74, 6) is 0.192. The Morgan fingerprint density at radius 1 is 1.26 bits per heavy atom. The van der Waals surface area contributed by atoms with Crippen LogP contribution in [0.4, 0.5) is 10.2 Å². The van der Waals surface area contributed by atoms with E-state index in [4.69, 9.17) is 11.6 Å². The third kappa shape index (κ3) is 3.89. The number of piperazine rings is 1. The van der Waals surface area contributed by atoms with E-state index >= 15 is 0 Å². The van der Waals surface area contributed by atoms with Crippen molar-refractivity contribution in [3.05, 3.63) is 58.6 Å². The van der Waals surface area contributed by atoms with Crippen molar-refractivity contribution in [3.63, 3.8) is 0 Å². The van der Waals surface area contributed by atoms with Gasteiger partial charge in [-0.15, -0.1) is 0 Å². The van der Waals surface area contributed by atoms with Gasteiger partial charge in [0.2, 0.25) is 0 Å². The summed E-state index contributed by atoms with van der Waals surface area (Å²) in [5, 5.41) is 7.08. The van der Waals surface area contributed by atoms with Crippen LogP contribution in [0.15, 0.2) is 36.5 Å². The van der Waals surface area contributed by atoms with Crippen molar-refractivity contribution in [1.82, 2.24) is 20.6 Å². The van der Waals surface area contributed by atoms with Crippen LogP contribution in [-0.4, -0.2) is 42.1 Å². The molecule has 0 bridgehead atoms. The number of anilines is 1. The highest BCUT2D eigenvalue weighted by atomic mass is 35.5. The van der Waals surface area contributed by atoms with Crippen LogP contribution in [0.5, 0.6) is 0 Å². The lowest BCUT2D eigenvalue weighted by Gasteiger charge is -2.28. The van der Waals surface area contributed by atoms with Gasteiger partial charge in [-0.3, -0.25) is 4.79 Å². The van der Waals surface area contributed by atoms with Gasteiger partial charge in [-0.2, -0.15) is 0 Å². The van der Waals surface area contributed by atoms with Gasteiger partial charge in [0.1, 0.15) is 17.3 Å². The van der Waals surface area contributed by atoms with E-state index in [1.165, 1.54) is 12.1 Å². The average Bonchev–Trinajstić information content (AvgIpc) is 3.11. The van der Waals surface area contributed by atoms with E-state index in [9.17, 15) is 9.18 Å². The minimum atomic E-state index is -0.446. The molecule has 3 N–H and O–H groups in total. The highest BCUT2D eigenvalue weighted by Crippen LogP contribution is 2.25. The van der Waals surface area contributed by atoms with Gasteiger partial charge >= 0.3 is 0 Å². The number of rotatable bonds is 4. The normalized spacial score (nSPS) is 14.5. The summed E-state index contributed by atoms with van der Waals surface area (Å²) in [6.07, 6.45) is 1.75. The van der Waals surface area contributed by atoms with Gasteiger partial charge in [-0.05, 0) is 35.9 Å². The summed E-state index contributed by atoms with van der Waals surface area (Å²) >= 11 is 6.04. The molecule has 27 heavy (non-hydrogen) atoms. The second kappa shape index (κ2) is 7.54. The predicted octanol–water partition coefficient (Wildman–Crippen LogP) is 2.70. The first kappa shape index (κ1) is 17.8. The smallest absolute Gasteiger partial charge is 0.267 e. The number of nitrogens with one attached hydrogen (secondary N) is 3. The first-order chi connectivity index (χ1) is 13.1. The SMILES string of the molecule is O=C(NCc1ccnc(N2CCNCC2)c1)c1cc2c(Cl)cc(F)cc2[nH]1. The van der Waals surface area contributed by atoms with Crippen LogP contribution in [0.3, 0.4) is 0 Å². The summed E-state index contributed by atoms with van der Waals surface area (Å²) in [6, 6.07) is 8.05. The molecule has 1 aliphatic heterocycles. The molecule has 4 rings (SSSR count). The Morgan fingerprint density at radius 3 is 2.89 bits per heavy atom. The summed E-state index contributed by atoms with van der Waals surface area (Å²) < 4.78 is 13.4. The maximum atomic E-state index is 13.4. The van der Waals surface area contributed by atoms with E-state index in [0.717, 1.165) is 37.6 Å². The number of amides is 1. The van der Waals surface area contributed by atoms with Crippen molar-refractivity contribution >= 4 is 34.2 Å². The number of aromatic nitrogens is 2. The van der Waals surface area contributed by atoms with Crippen molar-refractivity contribution in [1.29, 1.82) is 0 Å². The standard InChI is InChI=1S/C19H19ClFN5O/c20-15-8-13(21)9-16-14(15)10-17(25-16)19(27)24-11-12-1-2-23-18(7-12)26-5-3-22-4-6-26/h1-2,7-10,22,25H,3-6,11H2,(H,24,27). The number of hydrogen-bond acceptors (Lipinski definition) is 4. The van der Waals surface area contributed by atoms with Gasteiger partial charge < -0.3 is 20.5 Å². The zero-order chi connectivity index (χ0) is 18.8. The second-order valence-corrected chi connectivity index (χ2v) is 6.88. The summed E-state index contributed by atoms with van der Waals surface area (Å²) in [6.45, 7) is 4.07. The van der Waals surface area contributed by atoms with Crippen molar-refractivity contribution < 1.29 is 9.18 Å². The first-order valence-corrected chi connectivity index (χ1v) is 9.14. The number of H-pyrrole nitrogens is 1. The first-order valence-electron chi connectivity index (χ1n) is 8.77. The molecule has 0 radical (unpaired) electrons. The fourth-order valence-corrected chi connectivity index (χ4v) is 3.46. The molecule has 0 saturated carbocycles. The van der Waals surface area contributed by atoms with Gasteiger partial charge in [-0.25, -0.2) is 9.37 Å². The topological polar surface area (TPSA) is 73.1 Å². The van der Waals surface area contributed by atoms with E-state index in [2.05, 4.69) is 25.5 Å². The Bertz CT molecular complexity index is 983. The third-order valence-corrected chi connectivity index (χ3v) is 4.91. The molecule has 1 fully saturated rings.